The molecule has 1 heterocycles. The van der Waals surface area contributed by atoms with E-state index in [0.29, 0.717) is 22.0 Å². The maximum Gasteiger partial charge on any atom is 0.184 e. The van der Waals surface area contributed by atoms with Crippen LogP contribution in [-0.4, -0.2) is 4.98 Å². The number of benzene rings is 2. The molecule has 0 aliphatic rings. The number of aromatic nitrogens is 1. The van der Waals surface area contributed by atoms with Gasteiger partial charge in [0, 0.05) is 17.5 Å². The predicted molar refractivity (Wildman–Crippen MR) is 83.3 cm³/mol. The molecule has 0 radical (unpaired) electrons. The highest BCUT2D eigenvalue weighted by Crippen LogP contribution is 2.26. The van der Waals surface area contributed by atoms with Gasteiger partial charge in [-0.05, 0) is 58.2 Å². The van der Waals surface area contributed by atoms with Crippen LogP contribution in [-0.2, 0) is 6.42 Å². The first-order valence-electron chi connectivity index (χ1n) is 6.64. The topological polar surface area (TPSA) is 12.9 Å². The van der Waals surface area contributed by atoms with Crippen molar-refractivity contribution in [2.45, 2.75) is 13.3 Å². The summed E-state index contributed by atoms with van der Waals surface area (Å²) < 4.78 is 41.0. The molecule has 22 heavy (non-hydrogen) atoms. The second kappa shape index (κ2) is 5.72. The first-order chi connectivity index (χ1) is 10.5. The second-order valence-electron chi connectivity index (χ2n) is 5.06. The molecule has 0 aliphatic heterocycles. The molecule has 0 aliphatic carbocycles. The van der Waals surface area contributed by atoms with Crippen LogP contribution in [0.15, 0.2) is 40.9 Å². The Bertz CT molecular complexity index is 877. The minimum Gasteiger partial charge on any atom is -0.250 e. The molecule has 0 atom stereocenters. The molecule has 0 bridgehead atoms. The van der Waals surface area contributed by atoms with Gasteiger partial charge in [-0.3, -0.25) is 0 Å². The van der Waals surface area contributed by atoms with Gasteiger partial charge >= 0.3 is 0 Å². The van der Waals surface area contributed by atoms with Gasteiger partial charge in [0.25, 0.3) is 0 Å². The van der Waals surface area contributed by atoms with E-state index in [0.717, 1.165) is 17.2 Å². The van der Waals surface area contributed by atoms with E-state index in [2.05, 4.69) is 20.9 Å². The lowest BCUT2D eigenvalue weighted by atomic mass is 10.0. The van der Waals surface area contributed by atoms with Gasteiger partial charge in [0.15, 0.2) is 11.6 Å². The normalized spacial score (nSPS) is 11.1. The molecular weight excluding hydrogens is 355 g/mol. The van der Waals surface area contributed by atoms with E-state index in [4.69, 9.17) is 0 Å². The fraction of sp³-hybridized carbons (Fsp3) is 0.118. The molecule has 0 saturated heterocycles. The van der Waals surface area contributed by atoms with Crippen LogP contribution >= 0.6 is 15.9 Å². The highest BCUT2D eigenvalue weighted by atomic mass is 79.9. The van der Waals surface area contributed by atoms with Crippen LogP contribution in [0.2, 0.25) is 0 Å². The van der Waals surface area contributed by atoms with Gasteiger partial charge in [-0.1, -0.05) is 12.1 Å². The third-order valence-electron chi connectivity index (χ3n) is 3.59. The summed E-state index contributed by atoms with van der Waals surface area (Å²) in [7, 11) is 0. The van der Waals surface area contributed by atoms with Crippen molar-refractivity contribution in [1.29, 1.82) is 0 Å². The molecule has 0 unspecified atom stereocenters. The lowest BCUT2D eigenvalue weighted by Crippen LogP contribution is -1.99. The van der Waals surface area contributed by atoms with Crippen LogP contribution in [0.5, 0.6) is 0 Å². The van der Waals surface area contributed by atoms with Gasteiger partial charge in [0.1, 0.15) is 11.3 Å². The summed E-state index contributed by atoms with van der Waals surface area (Å²) in [6, 6.07) is 9.14. The van der Waals surface area contributed by atoms with Crippen molar-refractivity contribution in [2.75, 3.05) is 0 Å². The molecule has 3 aromatic rings. The van der Waals surface area contributed by atoms with Crippen LogP contribution in [0, 0.1) is 24.4 Å². The summed E-state index contributed by atoms with van der Waals surface area (Å²) in [6.45, 7) is 1.73. The number of pyridine rings is 1. The van der Waals surface area contributed by atoms with E-state index in [1.807, 2.05) is 6.07 Å². The average Bonchev–Trinajstić information content (AvgIpc) is 2.49. The number of hydrogen-bond donors (Lipinski definition) is 0. The SMILES string of the molecule is Cc1nc2c(F)c(F)ccc2cc1Cc1cccc(F)c1Br. The van der Waals surface area contributed by atoms with Crippen molar-refractivity contribution in [2.24, 2.45) is 0 Å². The summed E-state index contributed by atoms with van der Waals surface area (Å²) >= 11 is 3.23. The van der Waals surface area contributed by atoms with Crippen LogP contribution in [0.25, 0.3) is 10.9 Å². The summed E-state index contributed by atoms with van der Waals surface area (Å²) in [5, 5.41) is 0.520. The second-order valence-corrected chi connectivity index (χ2v) is 5.85. The summed E-state index contributed by atoms with van der Waals surface area (Å²) in [6.07, 6.45) is 0.451. The van der Waals surface area contributed by atoms with Crippen molar-refractivity contribution >= 4 is 26.8 Å². The predicted octanol–water partition coefficient (Wildman–Crippen LogP) is 5.31. The molecule has 112 valence electrons. The fourth-order valence-electron chi connectivity index (χ4n) is 2.39. The standard InChI is InChI=1S/C17H11BrF3N/c1-9-12(7-10-3-2-4-13(19)15(10)18)8-11-5-6-14(20)16(21)17(11)22-9/h2-6,8H,7H2,1H3. The monoisotopic (exact) mass is 365 g/mol. The smallest absolute Gasteiger partial charge is 0.184 e. The number of nitrogens with zero attached hydrogens (tertiary/aromatic N) is 1. The van der Waals surface area contributed by atoms with Crippen molar-refractivity contribution in [3.63, 3.8) is 0 Å². The lowest BCUT2D eigenvalue weighted by molar-refractivity contribution is 0.515. The Morgan fingerprint density at radius 2 is 1.77 bits per heavy atom. The number of hydrogen-bond acceptors (Lipinski definition) is 1. The van der Waals surface area contributed by atoms with E-state index in [1.54, 1.807) is 19.1 Å². The Kier molecular flexibility index (Phi) is 3.91. The van der Waals surface area contributed by atoms with Crippen LogP contribution in [0.1, 0.15) is 16.8 Å². The zero-order valence-electron chi connectivity index (χ0n) is 11.6. The van der Waals surface area contributed by atoms with E-state index in [1.165, 1.54) is 12.1 Å². The van der Waals surface area contributed by atoms with Gasteiger partial charge in [0.2, 0.25) is 0 Å². The zero-order chi connectivity index (χ0) is 15.9. The molecule has 2 aromatic carbocycles. The molecule has 1 aromatic heterocycles. The highest BCUT2D eigenvalue weighted by Gasteiger charge is 2.13. The van der Waals surface area contributed by atoms with Crippen LogP contribution in [0.3, 0.4) is 0 Å². The molecule has 0 N–H and O–H groups in total. The molecule has 1 nitrogen and oxygen atoms in total. The Labute approximate surface area is 133 Å². The zero-order valence-corrected chi connectivity index (χ0v) is 13.2. The Morgan fingerprint density at radius 3 is 2.55 bits per heavy atom. The van der Waals surface area contributed by atoms with E-state index in [-0.39, 0.29) is 11.3 Å². The van der Waals surface area contributed by atoms with Gasteiger partial charge in [-0.2, -0.15) is 0 Å². The molecule has 3 rings (SSSR count). The van der Waals surface area contributed by atoms with Crippen LogP contribution in [0.4, 0.5) is 13.2 Å². The van der Waals surface area contributed by atoms with Crippen molar-refractivity contribution in [1.82, 2.24) is 4.98 Å². The van der Waals surface area contributed by atoms with Gasteiger partial charge in [-0.25, -0.2) is 18.2 Å². The molecule has 0 spiro atoms. The maximum absolute atomic E-state index is 13.8. The van der Waals surface area contributed by atoms with E-state index < -0.39 is 11.6 Å². The number of halogens is 4. The Balaban J connectivity index is 2.10. The summed E-state index contributed by atoms with van der Waals surface area (Å²) in [4.78, 5) is 4.16. The highest BCUT2D eigenvalue weighted by molar-refractivity contribution is 9.10. The van der Waals surface area contributed by atoms with Crippen LogP contribution < -0.4 is 0 Å². The maximum atomic E-state index is 13.8. The number of fused-ring (bicyclic) bond motifs is 1. The largest absolute Gasteiger partial charge is 0.250 e. The minimum absolute atomic E-state index is 0.0135. The molecular formula is C17H11BrF3N. The average molecular weight is 366 g/mol. The molecule has 0 fully saturated rings. The lowest BCUT2D eigenvalue weighted by Gasteiger charge is -2.10. The van der Waals surface area contributed by atoms with E-state index in [9.17, 15) is 13.2 Å². The quantitative estimate of drug-likeness (QED) is 0.599. The summed E-state index contributed by atoms with van der Waals surface area (Å²) in [5.74, 6) is -2.20. The van der Waals surface area contributed by atoms with Crippen molar-refractivity contribution in [3.8, 4) is 0 Å². The van der Waals surface area contributed by atoms with Crippen molar-refractivity contribution in [3.05, 3.63) is 75.1 Å². The first-order valence-corrected chi connectivity index (χ1v) is 7.44. The number of aryl methyl sites for hydroxylation is 1. The third kappa shape index (κ3) is 2.61. The molecule has 5 heteroatoms. The minimum atomic E-state index is -0.945. The molecule has 0 amide bonds. The number of rotatable bonds is 2. The van der Waals surface area contributed by atoms with Gasteiger partial charge in [0.05, 0.1) is 4.47 Å². The Hall–Kier alpha value is -1.88. The van der Waals surface area contributed by atoms with Gasteiger partial charge in [-0.15, -0.1) is 0 Å². The van der Waals surface area contributed by atoms with Gasteiger partial charge < -0.3 is 0 Å². The third-order valence-corrected chi connectivity index (χ3v) is 4.47. The molecule has 0 saturated carbocycles. The summed E-state index contributed by atoms with van der Waals surface area (Å²) in [5.41, 5.74) is 2.21. The first kappa shape index (κ1) is 15.0. The fourth-order valence-corrected chi connectivity index (χ4v) is 2.79. The Morgan fingerprint density at radius 1 is 1.00 bits per heavy atom. The van der Waals surface area contributed by atoms with Crippen molar-refractivity contribution < 1.29 is 13.2 Å². The van der Waals surface area contributed by atoms with E-state index >= 15 is 0 Å².